The first-order valence-corrected chi connectivity index (χ1v) is 14.4. The lowest BCUT2D eigenvalue weighted by atomic mass is 9.95. The number of unbranched alkanes of at least 4 members (excludes halogenated alkanes) is 2. The summed E-state index contributed by atoms with van der Waals surface area (Å²) in [4.78, 5) is 41.4. The quantitative estimate of drug-likeness (QED) is 0.167. The van der Waals surface area contributed by atoms with Gasteiger partial charge in [-0.05, 0) is 62.7 Å². The fourth-order valence-corrected chi connectivity index (χ4v) is 6.99. The normalized spacial score (nSPS) is 16.4. The molecule has 0 bridgehead atoms. The number of ether oxygens (including phenoxy) is 1. The molecule has 0 atom stereocenters. The van der Waals surface area contributed by atoms with E-state index in [1.165, 1.54) is 28.0 Å². The first-order chi connectivity index (χ1) is 17.5. The maximum absolute atomic E-state index is 12.8. The van der Waals surface area contributed by atoms with Crippen LogP contribution in [0.15, 0.2) is 35.2 Å². The molecule has 1 N–H and O–H groups in total. The van der Waals surface area contributed by atoms with E-state index in [-0.39, 0.29) is 17.8 Å². The second-order valence-corrected chi connectivity index (χ2v) is 11.5. The fourth-order valence-electron chi connectivity index (χ4n) is 4.39. The Hall–Kier alpha value is -2.49. The highest BCUT2D eigenvalue weighted by atomic mass is 32.2. The summed E-state index contributed by atoms with van der Waals surface area (Å²) in [6, 6.07) is 9.73. The van der Waals surface area contributed by atoms with Gasteiger partial charge >= 0.3 is 5.97 Å². The van der Waals surface area contributed by atoms with Crippen molar-refractivity contribution < 1.29 is 19.1 Å². The zero-order valence-electron chi connectivity index (χ0n) is 20.3. The van der Waals surface area contributed by atoms with Crippen molar-refractivity contribution in [2.24, 2.45) is 0 Å². The molecule has 9 heteroatoms. The largest absolute Gasteiger partial charge is 0.462 e. The minimum atomic E-state index is -0.350. The van der Waals surface area contributed by atoms with Gasteiger partial charge in [0.15, 0.2) is 0 Å². The maximum Gasteiger partial charge on any atom is 0.341 e. The number of thiophene rings is 1. The average Bonchev–Trinajstić information content (AvgIpc) is 3.36. The van der Waals surface area contributed by atoms with Crippen LogP contribution in [0.5, 0.6) is 0 Å². The number of rotatable bonds is 10. The lowest BCUT2D eigenvalue weighted by molar-refractivity contribution is -0.122. The van der Waals surface area contributed by atoms with Gasteiger partial charge in [0.1, 0.15) is 9.32 Å². The van der Waals surface area contributed by atoms with Crippen LogP contribution in [0.25, 0.3) is 6.08 Å². The van der Waals surface area contributed by atoms with Gasteiger partial charge < -0.3 is 10.1 Å². The number of fused-ring (bicyclic) bond motifs is 1. The topological polar surface area (TPSA) is 75.7 Å². The number of hydrogen-bond donors (Lipinski definition) is 1. The molecule has 2 amide bonds. The van der Waals surface area contributed by atoms with Gasteiger partial charge in [-0.25, -0.2) is 4.79 Å². The van der Waals surface area contributed by atoms with E-state index < -0.39 is 0 Å². The molecule has 0 saturated carbocycles. The van der Waals surface area contributed by atoms with Crippen molar-refractivity contribution in [3.8, 4) is 0 Å². The minimum Gasteiger partial charge on any atom is -0.462 e. The molecule has 190 valence electrons. The van der Waals surface area contributed by atoms with Crippen molar-refractivity contribution in [1.82, 2.24) is 4.90 Å². The van der Waals surface area contributed by atoms with Crippen LogP contribution in [0.2, 0.25) is 0 Å². The van der Waals surface area contributed by atoms with Crippen LogP contribution in [0.4, 0.5) is 5.00 Å². The number of amides is 2. The number of thioether (sulfide) groups is 1. The molecule has 1 aromatic carbocycles. The van der Waals surface area contributed by atoms with Crippen LogP contribution >= 0.6 is 35.3 Å². The lowest BCUT2D eigenvalue weighted by Gasteiger charge is -2.14. The molecule has 4 rings (SSSR count). The first-order valence-electron chi connectivity index (χ1n) is 12.4. The lowest BCUT2D eigenvalue weighted by Crippen LogP contribution is -2.29. The van der Waals surface area contributed by atoms with Gasteiger partial charge in [0.2, 0.25) is 5.91 Å². The highest BCUT2D eigenvalue weighted by Crippen LogP contribution is 2.39. The standard InChI is InChI=1S/C27H30N2O4S3/c1-2-33-26(32)23-19-13-8-9-14-20(19)35-24(23)28-22(30)15-7-4-10-16-29-25(31)21(36-27(29)34)17-18-11-5-3-6-12-18/h3,5-6,11-12,17H,2,4,7-10,13-16H2,1H3,(H,28,30)/b21-17-. The van der Waals surface area contributed by atoms with Gasteiger partial charge in [0.25, 0.3) is 5.91 Å². The van der Waals surface area contributed by atoms with E-state index >= 15 is 0 Å². The number of nitrogens with zero attached hydrogens (tertiary/aromatic N) is 1. The van der Waals surface area contributed by atoms with Gasteiger partial charge in [-0.15, -0.1) is 11.3 Å². The number of esters is 1. The summed E-state index contributed by atoms with van der Waals surface area (Å²) >= 11 is 8.26. The van der Waals surface area contributed by atoms with Gasteiger partial charge in [0, 0.05) is 17.8 Å². The Morgan fingerprint density at radius 3 is 2.69 bits per heavy atom. The summed E-state index contributed by atoms with van der Waals surface area (Å²) in [5, 5.41) is 3.58. The zero-order chi connectivity index (χ0) is 25.5. The monoisotopic (exact) mass is 542 g/mol. The predicted octanol–water partition coefficient (Wildman–Crippen LogP) is 6.20. The molecular formula is C27H30N2O4S3. The van der Waals surface area contributed by atoms with Gasteiger partial charge in [0.05, 0.1) is 17.1 Å². The van der Waals surface area contributed by atoms with Crippen molar-refractivity contribution >= 4 is 68.5 Å². The summed E-state index contributed by atoms with van der Waals surface area (Å²) in [6.07, 6.45) is 8.44. The molecule has 1 aromatic heterocycles. The summed E-state index contributed by atoms with van der Waals surface area (Å²) in [6.45, 7) is 2.64. The Morgan fingerprint density at radius 1 is 1.14 bits per heavy atom. The fraction of sp³-hybridized carbons (Fsp3) is 0.407. The Kier molecular flexibility index (Phi) is 9.34. The van der Waals surface area contributed by atoms with Gasteiger partial charge in [-0.1, -0.05) is 60.7 Å². The second kappa shape index (κ2) is 12.7. The number of nitrogens with one attached hydrogen (secondary N) is 1. The third-order valence-corrected chi connectivity index (χ3v) is 8.75. The third-order valence-electron chi connectivity index (χ3n) is 6.16. The molecule has 6 nitrogen and oxygen atoms in total. The van der Waals surface area contributed by atoms with E-state index in [1.54, 1.807) is 11.8 Å². The molecule has 2 aliphatic rings. The zero-order valence-corrected chi connectivity index (χ0v) is 22.8. The van der Waals surface area contributed by atoms with Crippen molar-refractivity contribution in [3.63, 3.8) is 0 Å². The number of carbonyl (C=O) groups excluding carboxylic acids is 3. The first kappa shape index (κ1) is 26.6. The van der Waals surface area contributed by atoms with E-state index in [0.717, 1.165) is 49.7 Å². The van der Waals surface area contributed by atoms with Gasteiger partial charge in [-0.2, -0.15) is 0 Å². The summed E-state index contributed by atoms with van der Waals surface area (Å²) < 4.78 is 5.84. The third kappa shape index (κ3) is 6.44. The molecule has 2 heterocycles. The summed E-state index contributed by atoms with van der Waals surface area (Å²) in [5.74, 6) is -0.507. The maximum atomic E-state index is 12.8. The molecule has 0 unspecified atom stereocenters. The molecule has 1 aliphatic carbocycles. The number of thiocarbonyl (C=S) groups is 1. The molecular weight excluding hydrogens is 513 g/mol. The molecule has 36 heavy (non-hydrogen) atoms. The van der Waals surface area contributed by atoms with E-state index in [4.69, 9.17) is 17.0 Å². The van der Waals surface area contributed by atoms with E-state index in [1.807, 2.05) is 36.4 Å². The average molecular weight is 543 g/mol. The van der Waals surface area contributed by atoms with Crippen LogP contribution in [-0.2, 0) is 27.2 Å². The second-order valence-electron chi connectivity index (χ2n) is 8.74. The van der Waals surface area contributed by atoms with Crippen molar-refractivity contribution in [1.29, 1.82) is 0 Å². The molecule has 0 spiro atoms. The molecule has 2 aromatic rings. The number of benzene rings is 1. The highest BCUT2D eigenvalue weighted by molar-refractivity contribution is 8.26. The SMILES string of the molecule is CCOC(=O)c1c(NC(=O)CCCCCN2C(=O)/C(=C/c3ccccc3)SC2=S)sc2c1CCCC2. The van der Waals surface area contributed by atoms with Gasteiger partial charge in [-0.3, -0.25) is 14.5 Å². The van der Waals surface area contributed by atoms with E-state index in [9.17, 15) is 14.4 Å². The van der Waals surface area contributed by atoms with Crippen LogP contribution in [-0.4, -0.2) is 40.2 Å². The van der Waals surface area contributed by atoms with Crippen molar-refractivity contribution in [3.05, 3.63) is 56.8 Å². The molecule has 0 radical (unpaired) electrons. The van der Waals surface area contributed by atoms with E-state index in [2.05, 4.69) is 5.32 Å². The molecule has 1 fully saturated rings. The predicted molar refractivity (Wildman–Crippen MR) is 150 cm³/mol. The van der Waals surface area contributed by atoms with E-state index in [0.29, 0.717) is 45.8 Å². The number of aryl methyl sites for hydroxylation is 1. The van der Waals surface area contributed by atoms with Crippen LogP contribution < -0.4 is 5.32 Å². The smallest absolute Gasteiger partial charge is 0.341 e. The van der Waals surface area contributed by atoms with Crippen LogP contribution in [0, 0.1) is 0 Å². The van der Waals surface area contributed by atoms with Crippen LogP contribution in [0.3, 0.4) is 0 Å². The number of carbonyl (C=O) groups is 3. The Morgan fingerprint density at radius 2 is 1.92 bits per heavy atom. The number of anilines is 1. The Balaban J connectivity index is 1.25. The highest BCUT2D eigenvalue weighted by Gasteiger charge is 2.31. The van der Waals surface area contributed by atoms with Crippen molar-refractivity contribution in [2.75, 3.05) is 18.5 Å². The molecule has 1 aliphatic heterocycles. The molecule has 1 saturated heterocycles. The van der Waals surface area contributed by atoms with Crippen molar-refractivity contribution in [2.45, 2.75) is 58.3 Å². The summed E-state index contributed by atoms with van der Waals surface area (Å²) in [5.41, 5.74) is 2.56. The number of hydrogen-bond acceptors (Lipinski definition) is 7. The Bertz CT molecular complexity index is 1170. The minimum absolute atomic E-state index is 0.0558. The Labute approximate surface area is 225 Å². The summed E-state index contributed by atoms with van der Waals surface area (Å²) in [7, 11) is 0. The van der Waals surface area contributed by atoms with Crippen LogP contribution in [0.1, 0.15) is 71.8 Å².